The van der Waals surface area contributed by atoms with E-state index >= 15 is 0 Å². The molecule has 0 aliphatic heterocycles. The Kier molecular flexibility index (Phi) is 8.64. The number of H-pyrrole nitrogens is 1. The van der Waals surface area contributed by atoms with Gasteiger partial charge < -0.3 is 10.8 Å². The van der Waals surface area contributed by atoms with Crippen LogP contribution in [0, 0.1) is 0 Å². The van der Waals surface area contributed by atoms with E-state index in [1.165, 1.54) is 15.9 Å². The summed E-state index contributed by atoms with van der Waals surface area (Å²) in [5.41, 5.74) is 5.67. The van der Waals surface area contributed by atoms with Crippen molar-refractivity contribution >= 4 is 17.3 Å². The predicted molar refractivity (Wildman–Crippen MR) is 109 cm³/mol. The molecule has 0 amide bonds. The van der Waals surface area contributed by atoms with Crippen LogP contribution in [-0.4, -0.2) is 48.3 Å². The van der Waals surface area contributed by atoms with Gasteiger partial charge in [0.1, 0.15) is 5.82 Å². The molecule has 3 rings (SSSR count). The third-order valence-electron chi connectivity index (χ3n) is 4.18. The fourth-order valence-corrected chi connectivity index (χ4v) is 3.46. The molecule has 4 N–H and O–H groups in total. The van der Waals surface area contributed by atoms with Gasteiger partial charge in [-0.05, 0) is 19.1 Å². The first-order valence-electron chi connectivity index (χ1n) is 9.25. The molecule has 0 spiro atoms. The molecule has 0 aliphatic rings. The Morgan fingerprint density at radius 2 is 1.97 bits per heavy atom. The summed E-state index contributed by atoms with van der Waals surface area (Å²) < 4.78 is 60.6. The monoisotopic (exact) mass is 494 g/mol. The van der Waals surface area contributed by atoms with E-state index in [1.807, 2.05) is 29.9 Å². The minimum absolute atomic E-state index is 0.168. The minimum atomic E-state index is -5.08. The van der Waals surface area contributed by atoms with E-state index in [4.69, 9.17) is 15.6 Å². The highest BCUT2D eigenvalue weighted by molar-refractivity contribution is 7.15. The molecule has 0 fully saturated rings. The fourth-order valence-electron chi connectivity index (χ4n) is 2.49. The van der Waals surface area contributed by atoms with Gasteiger partial charge in [-0.3, -0.25) is 9.25 Å². The van der Waals surface area contributed by atoms with Gasteiger partial charge in [-0.25, -0.2) is 14.7 Å². The van der Waals surface area contributed by atoms with Gasteiger partial charge >= 0.3 is 17.8 Å². The number of carboxylic acid groups (broad SMARTS) is 1. The Morgan fingerprint density at radius 1 is 1.30 bits per heavy atom. The number of nitrogens with one attached hydrogen (secondary N) is 1. The molecule has 0 aromatic carbocycles. The summed E-state index contributed by atoms with van der Waals surface area (Å²) in [5.74, 6) is -2.52. The van der Waals surface area contributed by atoms with E-state index in [0.29, 0.717) is 0 Å². The predicted octanol–water partition coefficient (Wildman–Crippen LogP) is 2.85. The lowest BCUT2D eigenvalue weighted by molar-refractivity contribution is -0.192. The molecule has 0 saturated carbocycles. The Labute approximate surface area is 187 Å². The third kappa shape index (κ3) is 7.08. The van der Waals surface area contributed by atoms with Crippen molar-refractivity contribution < 1.29 is 31.9 Å². The summed E-state index contributed by atoms with van der Waals surface area (Å²) in [7, 11) is 0. The Hall–Kier alpha value is -3.33. The van der Waals surface area contributed by atoms with E-state index in [0.717, 1.165) is 21.9 Å². The van der Waals surface area contributed by atoms with Crippen LogP contribution in [0.1, 0.15) is 17.6 Å². The first-order chi connectivity index (χ1) is 15.5. The SMILES string of the molecule is CCn1cc(-c2ccc(Cn3c(CC(CN)=C(F)F)n[nH]c3=O)s2)cn1.O=C(O)C(F)(F)F. The molecule has 0 atom stereocenters. The van der Waals surface area contributed by atoms with Crippen LogP contribution >= 0.6 is 11.3 Å². The van der Waals surface area contributed by atoms with Crippen molar-refractivity contribution in [1.82, 2.24) is 24.5 Å². The van der Waals surface area contributed by atoms with Crippen LogP contribution in [0.25, 0.3) is 10.4 Å². The lowest BCUT2D eigenvalue weighted by atomic mass is 10.2. The zero-order valence-corrected chi connectivity index (χ0v) is 17.9. The first kappa shape index (κ1) is 25.9. The number of aryl methyl sites for hydroxylation is 1. The van der Waals surface area contributed by atoms with E-state index in [2.05, 4.69) is 15.3 Å². The number of halogens is 5. The highest BCUT2D eigenvalue weighted by atomic mass is 32.1. The van der Waals surface area contributed by atoms with Crippen LogP contribution in [0.5, 0.6) is 0 Å². The van der Waals surface area contributed by atoms with Crippen molar-refractivity contribution in [3.8, 4) is 10.4 Å². The molecule has 180 valence electrons. The standard InChI is InChI=1S/C16H18F2N6OS.C2HF3O2/c1-2-23-8-11(7-20-23)13-4-3-12(26-13)9-24-14(21-22-16(24)25)5-10(6-19)15(17)18;3-2(4,5)1(6)7/h3-4,7-8H,2,5-6,9,19H2,1H3,(H,22,25);(H,6,7). The van der Waals surface area contributed by atoms with Crippen LogP contribution in [0.3, 0.4) is 0 Å². The van der Waals surface area contributed by atoms with Gasteiger partial charge in [-0.1, -0.05) is 0 Å². The van der Waals surface area contributed by atoms with Crippen molar-refractivity contribution in [2.75, 3.05) is 6.54 Å². The van der Waals surface area contributed by atoms with Gasteiger partial charge in [0.15, 0.2) is 0 Å². The normalized spacial score (nSPS) is 11.1. The van der Waals surface area contributed by atoms with Crippen LogP contribution < -0.4 is 11.4 Å². The van der Waals surface area contributed by atoms with Crippen molar-refractivity contribution in [3.63, 3.8) is 0 Å². The quantitative estimate of drug-likeness (QED) is 0.433. The van der Waals surface area contributed by atoms with E-state index < -0.39 is 23.9 Å². The maximum absolute atomic E-state index is 12.8. The number of carbonyl (C=O) groups is 1. The number of hydrogen-bond acceptors (Lipinski definition) is 6. The number of thiophene rings is 1. The highest BCUT2D eigenvalue weighted by Crippen LogP contribution is 2.28. The number of hydrogen-bond donors (Lipinski definition) is 3. The average molecular weight is 494 g/mol. The molecule has 15 heteroatoms. The van der Waals surface area contributed by atoms with Crippen molar-refractivity contribution in [1.29, 1.82) is 0 Å². The zero-order valence-electron chi connectivity index (χ0n) is 17.1. The summed E-state index contributed by atoms with van der Waals surface area (Å²) in [5, 5.41) is 17.5. The summed E-state index contributed by atoms with van der Waals surface area (Å²) in [6, 6.07) is 3.86. The first-order valence-corrected chi connectivity index (χ1v) is 10.1. The molecular weight excluding hydrogens is 475 g/mol. The number of aromatic amines is 1. The maximum Gasteiger partial charge on any atom is 0.490 e. The second-order valence-corrected chi connectivity index (χ2v) is 7.60. The van der Waals surface area contributed by atoms with Gasteiger partial charge in [-0.2, -0.15) is 32.1 Å². The Balaban J connectivity index is 0.000000479. The molecule has 0 bridgehead atoms. The van der Waals surface area contributed by atoms with Gasteiger partial charge in [-0.15, -0.1) is 11.3 Å². The molecule has 33 heavy (non-hydrogen) atoms. The Morgan fingerprint density at radius 3 is 2.48 bits per heavy atom. The number of nitrogens with two attached hydrogens (primary N) is 1. The van der Waals surface area contributed by atoms with Crippen LogP contribution in [0.4, 0.5) is 22.0 Å². The van der Waals surface area contributed by atoms with Crippen molar-refractivity contribution in [2.24, 2.45) is 5.73 Å². The molecular formula is C18H19F5N6O3S. The maximum atomic E-state index is 12.8. The Bertz CT molecular complexity index is 1170. The minimum Gasteiger partial charge on any atom is -0.475 e. The van der Waals surface area contributed by atoms with Crippen molar-refractivity contribution in [2.45, 2.75) is 32.6 Å². The molecule has 0 radical (unpaired) electrons. The van der Waals surface area contributed by atoms with Gasteiger partial charge in [0.2, 0.25) is 0 Å². The van der Waals surface area contributed by atoms with E-state index in [9.17, 15) is 26.7 Å². The van der Waals surface area contributed by atoms with E-state index in [-0.39, 0.29) is 30.9 Å². The average Bonchev–Trinajstić information content (AvgIpc) is 3.47. The fraction of sp³-hybridized carbons (Fsp3) is 0.333. The molecule has 9 nitrogen and oxygen atoms in total. The van der Waals surface area contributed by atoms with Gasteiger partial charge in [0.25, 0.3) is 6.08 Å². The van der Waals surface area contributed by atoms with E-state index in [1.54, 1.807) is 6.20 Å². The number of alkyl halides is 3. The summed E-state index contributed by atoms with van der Waals surface area (Å²) >= 11 is 1.52. The molecule has 0 unspecified atom stereocenters. The topological polar surface area (TPSA) is 132 Å². The smallest absolute Gasteiger partial charge is 0.475 e. The second-order valence-electron chi connectivity index (χ2n) is 6.43. The summed E-state index contributed by atoms with van der Waals surface area (Å²) in [6.45, 7) is 2.76. The lowest BCUT2D eigenvalue weighted by Crippen LogP contribution is -2.21. The molecule has 3 aromatic heterocycles. The van der Waals surface area contributed by atoms with Crippen LogP contribution in [-0.2, 0) is 24.3 Å². The number of aliphatic carboxylic acids is 1. The number of carboxylic acids is 1. The number of rotatable bonds is 7. The number of aromatic nitrogens is 5. The molecule has 0 aliphatic carbocycles. The molecule has 0 saturated heterocycles. The lowest BCUT2D eigenvalue weighted by Gasteiger charge is -2.05. The zero-order chi connectivity index (χ0) is 24.8. The second kappa shape index (κ2) is 11.0. The largest absolute Gasteiger partial charge is 0.490 e. The molecule has 3 heterocycles. The van der Waals surface area contributed by atoms with Gasteiger partial charge in [0, 0.05) is 46.6 Å². The van der Waals surface area contributed by atoms with Gasteiger partial charge in [0.05, 0.1) is 12.7 Å². The molecule has 3 aromatic rings. The number of nitrogens with zero attached hydrogens (tertiary/aromatic N) is 4. The summed E-state index contributed by atoms with van der Waals surface area (Å²) in [4.78, 5) is 22.8. The van der Waals surface area contributed by atoms with Crippen LogP contribution in [0.15, 0.2) is 41.0 Å². The van der Waals surface area contributed by atoms with Crippen LogP contribution in [0.2, 0.25) is 0 Å². The third-order valence-corrected chi connectivity index (χ3v) is 5.30. The van der Waals surface area contributed by atoms with Crippen molar-refractivity contribution in [3.05, 3.63) is 57.4 Å². The highest BCUT2D eigenvalue weighted by Gasteiger charge is 2.38. The summed E-state index contributed by atoms with van der Waals surface area (Å²) in [6.07, 6.45) is -3.34.